The largest absolute Gasteiger partial charge is 0.398 e. The molecule has 1 saturated carbocycles. The summed E-state index contributed by atoms with van der Waals surface area (Å²) < 4.78 is 2.37. The molecule has 146 valence electrons. The van der Waals surface area contributed by atoms with Crippen LogP contribution in [0.3, 0.4) is 0 Å². The second-order valence-corrected chi connectivity index (χ2v) is 8.69. The Bertz CT molecular complexity index is 852. The highest BCUT2D eigenvalue weighted by atomic mass is 16.1. The summed E-state index contributed by atoms with van der Waals surface area (Å²) in [5.41, 5.74) is 12.4. The zero-order chi connectivity index (χ0) is 19.0. The van der Waals surface area contributed by atoms with Crippen molar-refractivity contribution in [3.8, 4) is 0 Å². The van der Waals surface area contributed by atoms with Crippen molar-refractivity contribution in [2.75, 3.05) is 26.4 Å². The van der Waals surface area contributed by atoms with E-state index in [-0.39, 0.29) is 0 Å². The molecule has 0 saturated heterocycles. The van der Waals surface area contributed by atoms with Gasteiger partial charge in [0.2, 0.25) is 0 Å². The molecule has 5 heteroatoms. The molecule has 0 radical (unpaired) electrons. The summed E-state index contributed by atoms with van der Waals surface area (Å²) in [6.45, 7) is 1.89. The van der Waals surface area contributed by atoms with E-state index in [0.717, 1.165) is 74.8 Å². The van der Waals surface area contributed by atoms with Crippen LogP contribution in [0.5, 0.6) is 0 Å². The van der Waals surface area contributed by atoms with Crippen molar-refractivity contribution in [1.29, 1.82) is 0 Å². The van der Waals surface area contributed by atoms with Crippen LogP contribution in [0.4, 0.5) is 5.69 Å². The molecule has 0 spiro atoms. The minimum Gasteiger partial charge on any atom is -0.398 e. The molecule has 0 amide bonds. The van der Waals surface area contributed by atoms with Gasteiger partial charge in [-0.3, -0.25) is 4.79 Å². The smallest absolute Gasteiger partial charge is 0.142 e. The fourth-order valence-corrected chi connectivity index (χ4v) is 4.81. The predicted octanol–water partition coefficient (Wildman–Crippen LogP) is 3.36. The van der Waals surface area contributed by atoms with Crippen molar-refractivity contribution in [2.24, 2.45) is 5.92 Å². The molecule has 2 heterocycles. The lowest BCUT2D eigenvalue weighted by Gasteiger charge is -2.22. The molecular formula is C22H32N4O. The molecule has 4 rings (SSSR count). The third kappa shape index (κ3) is 3.75. The second kappa shape index (κ2) is 7.63. The fraction of sp³-hybridized carbons (Fsp3) is 0.636. The normalized spacial score (nSPS) is 20.4. The Morgan fingerprint density at radius 2 is 2.04 bits per heavy atom. The van der Waals surface area contributed by atoms with E-state index in [9.17, 15) is 4.79 Å². The van der Waals surface area contributed by atoms with E-state index < -0.39 is 0 Å². The quantitative estimate of drug-likeness (QED) is 0.879. The average Bonchev–Trinajstić information content (AvgIpc) is 2.97. The van der Waals surface area contributed by atoms with Gasteiger partial charge in [-0.1, -0.05) is 0 Å². The van der Waals surface area contributed by atoms with E-state index in [2.05, 4.69) is 29.6 Å². The number of anilines is 1. The van der Waals surface area contributed by atoms with Crippen LogP contribution in [0.1, 0.15) is 55.5 Å². The number of nitrogen functional groups attached to an aromatic ring is 1. The number of fused-ring (bicyclic) bond motifs is 2. The lowest BCUT2D eigenvalue weighted by atomic mass is 9.85. The summed E-state index contributed by atoms with van der Waals surface area (Å²) in [6.07, 6.45) is 9.16. The number of rotatable bonds is 5. The lowest BCUT2D eigenvalue weighted by molar-refractivity contribution is -0.121. The summed E-state index contributed by atoms with van der Waals surface area (Å²) in [7, 11) is 4.21. The van der Waals surface area contributed by atoms with Gasteiger partial charge in [0.15, 0.2) is 0 Å². The number of hydrogen-bond acceptors (Lipinski definition) is 4. The summed E-state index contributed by atoms with van der Waals surface area (Å²) in [5, 5.41) is 1.12. The predicted molar refractivity (Wildman–Crippen MR) is 110 cm³/mol. The van der Waals surface area contributed by atoms with E-state index in [1.807, 2.05) is 0 Å². The number of hydrogen-bond donors (Lipinski definition) is 1. The Labute approximate surface area is 161 Å². The van der Waals surface area contributed by atoms with Gasteiger partial charge in [0.05, 0.1) is 0 Å². The summed E-state index contributed by atoms with van der Waals surface area (Å²) in [6, 6.07) is 2.27. The van der Waals surface area contributed by atoms with Gasteiger partial charge in [-0.25, -0.2) is 4.98 Å². The van der Waals surface area contributed by atoms with Crippen molar-refractivity contribution in [3.05, 3.63) is 23.0 Å². The van der Waals surface area contributed by atoms with Gasteiger partial charge in [-0.2, -0.15) is 0 Å². The van der Waals surface area contributed by atoms with Crippen molar-refractivity contribution in [2.45, 2.75) is 64.3 Å². The average molecular weight is 369 g/mol. The summed E-state index contributed by atoms with van der Waals surface area (Å²) in [4.78, 5) is 19.2. The van der Waals surface area contributed by atoms with Gasteiger partial charge in [0.1, 0.15) is 11.4 Å². The monoisotopic (exact) mass is 368 g/mol. The highest BCUT2D eigenvalue weighted by molar-refractivity contribution is 5.92. The Hall–Kier alpha value is -1.88. The first kappa shape index (κ1) is 18.5. The molecule has 1 fully saturated rings. The molecule has 27 heavy (non-hydrogen) atoms. The summed E-state index contributed by atoms with van der Waals surface area (Å²) in [5.74, 6) is 0.889. The number of Topliss-reactive ketones (excluding diaryl/α,β-unsaturated/α-hetero) is 1. The molecule has 2 aliphatic carbocycles. The zero-order valence-corrected chi connectivity index (χ0v) is 16.8. The van der Waals surface area contributed by atoms with Gasteiger partial charge in [-0.15, -0.1) is 0 Å². The minimum absolute atomic E-state index is 0.426. The number of aromatic nitrogens is 2. The van der Waals surface area contributed by atoms with Crippen molar-refractivity contribution < 1.29 is 4.79 Å². The molecule has 0 aliphatic heterocycles. The maximum Gasteiger partial charge on any atom is 0.142 e. The van der Waals surface area contributed by atoms with Crippen molar-refractivity contribution in [1.82, 2.24) is 14.5 Å². The number of likely N-dealkylation sites (N-methyl/N-ethyl adjacent to an activating group) is 1. The van der Waals surface area contributed by atoms with Gasteiger partial charge >= 0.3 is 0 Å². The lowest BCUT2D eigenvalue weighted by Crippen LogP contribution is -2.22. The summed E-state index contributed by atoms with van der Waals surface area (Å²) >= 11 is 0. The van der Waals surface area contributed by atoms with Crippen LogP contribution in [-0.4, -0.2) is 40.9 Å². The van der Waals surface area contributed by atoms with Crippen LogP contribution in [0, 0.1) is 5.92 Å². The van der Waals surface area contributed by atoms with E-state index in [1.165, 1.54) is 29.8 Å². The Morgan fingerprint density at radius 3 is 2.81 bits per heavy atom. The molecule has 2 aromatic rings. The number of nitrogens with two attached hydrogens (primary N) is 1. The SMILES string of the molecule is CN(C)CCn1c(CC2CCCC(=O)C2)cc2c(N)c3c(nc21)CCCC3. The third-order valence-electron chi connectivity index (χ3n) is 6.30. The van der Waals surface area contributed by atoms with E-state index >= 15 is 0 Å². The van der Waals surface area contributed by atoms with Crippen LogP contribution in [0.2, 0.25) is 0 Å². The molecular weight excluding hydrogens is 336 g/mol. The first-order chi connectivity index (χ1) is 13.0. The molecule has 5 nitrogen and oxygen atoms in total. The number of carbonyl (C=O) groups excluding carboxylic acids is 1. The van der Waals surface area contributed by atoms with Crippen LogP contribution in [-0.2, 0) is 30.6 Å². The second-order valence-electron chi connectivity index (χ2n) is 8.69. The maximum atomic E-state index is 11.9. The molecule has 2 N–H and O–H groups in total. The standard InChI is InChI=1S/C22H32N4O/c1-25(2)10-11-26-16(12-15-6-5-7-17(27)13-15)14-19-21(23)18-8-3-4-9-20(18)24-22(19)26/h14-15H,3-13H2,1-2H3,(H2,23,24). The molecule has 1 unspecified atom stereocenters. The van der Waals surface area contributed by atoms with Gasteiger partial charge in [0.25, 0.3) is 0 Å². The number of ketones is 1. The third-order valence-corrected chi connectivity index (χ3v) is 6.30. The first-order valence-corrected chi connectivity index (χ1v) is 10.5. The number of aryl methyl sites for hydroxylation is 1. The van der Waals surface area contributed by atoms with Gasteiger partial charge < -0.3 is 15.2 Å². The first-order valence-electron chi connectivity index (χ1n) is 10.5. The van der Waals surface area contributed by atoms with Crippen LogP contribution < -0.4 is 5.73 Å². The van der Waals surface area contributed by atoms with Crippen LogP contribution >= 0.6 is 0 Å². The minimum atomic E-state index is 0.426. The van der Waals surface area contributed by atoms with Crippen LogP contribution in [0.25, 0.3) is 11.0 Å². The molecule has 2 aliphatic rings. The Morgan fingerprint density at radius 1 is 1.22 bits per heavy atom. The highest BCUT2D eigenvalue weighted by Gasteiger charge is 2.24. The topological polar surface area (TPSA) is 64.2 Å². The number of carbonyl (C=O) groups is 1. The zero-order valence-electron chi connectivity index (χ0n) is 16.8. The van der Waals surface area contributed by atoms with Crippen molar-refractivity contribution in [3.63, 3.8) is 0 Å². The van der Waals surface area contributed by atoms with Crippen molar-refractivity contribution >= 4 is 22.5 Å². The Kier molecular flexibility index (Phi) is 5.22. The van der Waals surface area contributed by atoms with E-state index in [1.54, 1.807) is 0 Å². The van der Waals surface area contributed by atoms with Gasteiger partial charge in [0, 0.05) is 48.4 Å². The fourth-order valence-electron chi connectivity index (χ4n) is 4.81. The number of nitrogens with zero attached hydrogens (tertiary/aromatic N) is 3. The Balaban J connectivity index is 1.75. The molecule has 2 aromatic heterocycles. The van der Waals surface area contributed by atoms with Gasteiger partial charge in [-0.05, 0) is 76.6 Å². The van der Waals surface area contributed by atoms with Crippen LogP contribution in [0.15, 0.2) is 6.07 Å². The molecule has 0 aromatic carbocycles. The maximum absolute atomic E-state index is 11.9. The van der Waals surface area contributed by atoms with E-state index in [4.69, 9.17) is 10.7 Å². The van der Waals surface area contributed by atoms with E-state index in [0.29, 0.717) is 11.7 Å². The molecule has 1 atom stereocenters. The highest BCUT2D eigenvalue weighted by Crippen LogP contribution is 2.34. The number of pyridine rings is 1. The molecule has 0 bridgehead atoms.